The second-order valence-corrected chi connectivity index (χ2v) is 21.3. The second-order valence-electron chi connectivity index (χ2n) is 21.3. The first-order valence-electron chi connectivity index (χ1n) is 31.9. The lowest BCUT2D eigenvalue weighted by Gasteiger charge is -2.18. The summed E-state index contributed by atoms with van der Waals surface area (Å²) < 4.78 is 16.9. The van der Waals surface area contributed by atoms with Crippen LogP contribution < -0.4 is 0 Å². The van der Waals surface area contributed by atoms with Gasteiger partial charge in [0.05, 0.1) is 0 Å². The number of carbonyl (C=O) groups is 3. The van der Waals surface area contributed by atoms with Gasteiger partial charge in [-0.05, 0) is 109 Å². The smallest absolute Gasteiger partial charge is 0.306 e. The Bertz CT molecular complexity index is 1370. The first-order valence-corrected chi connectivity index (χ1v) is 31.9. The van der Waals surface area contributed by atoms with Crippen molar-refractivity contribution in [3.8, 4) is 0 Å². The van der Waals surface area contributed by atoms with Gasteiger partial charge >= 0.3 is 17.9 Å². The molecule has 0 radical (unpaired) electrons. The monoisotopic (exact) mass is 1030 g/mol. The summed E-state index contributed by atoms with van der Waals surface area (Å²) in [6.45, 7) is 6.52. The third-order valence-corrected chi connectivity index (χ3v) is 13.9. The number of unbranched alkanes of at least 4 members (excludes halogenated alkanes) is 35. The van der Waals surface area contributed by atoms with Gasteiger partial charge in [-0.3, -0.25) is 14.4 Å². The summed E-state index contributed by atoms with van der Waals surface area (Å²) in [7, 11) is 0. The molecule has 1 atom stereocenters. The van der Waals surface area contributed by atoms with Crippen LogP contribution in [0.4, 0.5) is 0 Å². The number of hydrogen-bond donors (Lipinski definition) is 0. The van der Waals surface area contributed by atoms with E-state index in [2.05, 4.69) is 93.7 Å². The van der Waals surface area contributed by atoms with E-state index in [1.54, 1.807) is 0 Å². The van der Waals surface area contributed by atoms with Crippen LogP contribution in [0.25, 0.3) is 0 Å². The Labute approximate surface area is 459 Å². The van der Waals surface area contributed by atoms with Gasteiger partial charge in [0.1, 0.15) is 13.2 Å². The topological polar surface area (TPSA) is 78.9 Å². The number of carbonyl (C=O) groups excluding carboxylic acids is 3. The van der Waals surface area contributed by atoms with E-state index in [1.807, 2.05) is 0 Å². The van der Waals surface area contributed by atoms with Gasteiger partial charge in [0.2, 0.25) is 0 Å². The van der Waals surface area contributed by atoms with Crippen LogP contribution in [0.3, 0.4) is 0 Å². The summed E-state index contributed by atoms with van der Waals surface area (Å²) in [6.07, 6.45) is 80.6. The van der Waals surface area contributed by atoms with Crippen LogP contribution in [0.2, 0.25) is 0 Å². The van der Waals surface area contributed by atoms with Crippen molar-refractivity contribution in [2.24, 2.45) is 0 Å². The third-order valence-electron chi connectivity index (χ3n) is 13.9. The fourth-order valence-electron chi connectivity index (χ4n) is 9.13. The number of hydrogen-bond acceptors (Lipinski definition) is 6. The van der Waals surface area contributed by atoms with Crippen molar-refractivity contribution in [3.63, 3.8) is 0 Å². The SMILES string of the molecule is CC/C=C\C/C=C\C/C=C\C/C=C\CCCCC(=O)OCC(COC(=O)CCCCCCCCCCCCCCC/C=C\CCCCCCCCCC)OC(=O)CCCCCCC/C=C\CCCCCCCCC. The quantitative estimate of drug-likeness (QED) is 0.0261. The molecule has 0 bridgehead atoms. The van der Waals surface area contributed by atoms with E-state index in [0.29, 0.717) is 19.3 Å². The molecule has 0 aliphatic rings. The standard InChI is InChI=1S/C68H120O6/c1-4-7-10-13-16-19-22-25-28-30-31-32-33-34-35-36-37-38-41-43-46-49-52-55-58-61-67(70)73-64-65(63-72-66(69)60-57-54-51-48-45-42-39-27-24-21-18-15-12-9-6-3)74-68(71)62-59-56-53-50-47-44-40-29-26-23-20-17-14-11-8-5-2/h9,12,18,21,27,29-31,39-40,45,48,65H,4-8,10-11,13-17,19-20,22-26,28,32-38,41-44,46-47,49-64H2,1-3H3/b12-9-,21-18-,31-30-,39-27-,40-29-,48-45-. The maximum Gasteiger partial charge on any atom is 0.306 e. The summed E-state index contributed by atoms with van der Waals surface area (Å²) >= 11 is 0. The molecule has 0 heterocycles. The molecule has 1 unspecified atom stereocenters. The largest absolute Gasteiger partial charge is 0.462 e. The van der Waals surface area contributed by atoms with Crippen molar-refractivity contribution in [2.45, 2.75) is 329 Å². The summed E-state index contributed by atoms with van der Waals surface area (Å²) in [5.41, 5.74) is 0. The molecule has 0 aromatic carbocycles. The van der Waals surface area contributed by atoms with E-state index in [4.69, 9.17) is 14.2 Å². The predicted molar refractivity (Wildman–Crippen MR) is 321 cm³/mol. The molecule has 0 aliphatic heterocycles. The van der Waals surface area contributed by atoms with Crippen molar-refractivity contribution in [3.05, 3.63) is 72.9 Å². The van der Waals surface area contributed by atoms with Gasteiger partial charge in [0.25, 0.3) is 0 Å². The minimum Gasteiger partial charge on any atom is -0.462 e. The molecule has 428 valence electrons. The summed E-state index contributed by atoms with van der Waals surface area (Å²) in [6, 6.07) is 0. The Hall–Kier alpha value is -3.15. The molecule has 0 saturated carbocycles. The van der Waals surface area contributed by atoms with E-state index >= 15 is 0 Å². The van der Waals surface area contributed by atoms with Crippen molar-refractivity contribution in [2.75, 3.05) is 13.2 Å². The van der Waals surface area contributed by atoms with Crippen LogP contribution in [-0.2, 0) is 28.6 Å². The number of rotatable bonds is 58. The highest BCUT2D eigenvalue weighted by atomic mass is 16.6. The van der Waals surface area contributed by atoms with Crippen LogP contribution in [0.15, 0.2) is 72.9 Å². The zero-order valence-corrected chi connectivity index (χ0v) is 49.1. The Morgan fingerprint density at radius 1 is 0.284 bits per heavy atom. The molecule has 0 aromatic rings. The van der Waals surface area contributed by atoms with Crippen LogP contribution in [-0.4, -0.2) is 37.2 Å². The summed E-state index contributed by atoms with van der Waals surface area (Å²) in [5, 5.41) is 0. The molecule has 0 rings (SSSR count). The zero-order valence-electron chi connectivity index (χ0n) is 49.1. The molecule has 0 aliphatic carbocycles. The fraction of sp³-hybridized carbons (Fsp3) is 0.779. The van der Waals surface area contributed by atoms with E-state index < -0.39 is 6.10 Å². The Kier molecular flexibility index (Phi) is 59.7. The third kappa shape index (κ3) is 59.7. The molecule has 0 amide bonds. The normalized spacial score (nSPS) is 12.5. The molecule has 74 heavy (non-hydrogen) atoms. The van der Waals surface area contributed by atoms with Crippen molar-refractivity contribution >= 4 is 17.9 Å². The first kappa shape index (κ1) is 70.8. The highest BCUT2D eigenvalue weighted by molar-refractivity contribution is 5.71. The van der Waals surface area contributed by atoms with E-state index in [-0.39, 0.29) is 31.1 Å². The number of allylic oxidation sites excluding steroid dienone is 12. The van der Waals surface area contributed by atoms with Gasteiger partial charge in [-0.1, -0.05) is 267 Å². The molecule has 0 aromatic heterocycles. The molecule has 0 spiro atoms. The Morgan fingerprint density at radius 3 is 0.865 bits per heavy atom. The number of ether oxygens (including phenoxy) is 3. The van der Waals surface area contributed by atoms with Gasteiger partial charge in [0.15, 0.2) is 6.10 Å². The highest BCUT2D eigenvalue weighted by Crippen LogP contribution is 2.16. The molecule has 0 saturated heterocycles. The molecule has 6 nitrogen and oxygen atoms in total. The average molecular weight is 1030 g/mol. The average Bonchev–Trinajstić information content (AvgIpc) is 3.40. The first-order chi connectivity index (χ1) is 36.5. The molecule has 0 N–H and O–H groups in total. The van der Waals surface area contributed by atoms with Gasteiger partial charge in [-0.25, -0.2) is 0 Å². The Morgan fingerprint density at radius 2 is 0.527 bits per heavy atom. The van der Waals surface area contributed by atoms with Crippen molar-refractivity contribution in [1.29, 1.82) is 0 Å². The highest BCUT2D eigenvalue weighted by Gasteiger charge is 2.19. The summed E-state index contributed by atoms with van der Waals surface area (Å²) in [5.74, 6) is -0.929. The minimum atomic E-state index is -0.797. The van der Waals surface area contributed by atoms with E-state index in [1.165, 1.54) is 186 Å². The van der Waals surface area contributed by atoms with E-state index in [9.17, 15) is 14.4 Å². The molecule has 6 heteroatoms. The fourth-order valence-corrected chi connectivity index (χ4v) is 9.13. The van der Waals surface area contributed by atoms with Gasteiger partial charge < -0.3 is 14.2 Å². The van der Waals surface area contributed by atoms with Crippen LogP contribution >= 0.6 is 0 Å². The Balaban J connectivity index is 4.32. The van der Waals surface area contributed by atoms with Crippen LogP contribution in [0.5, 0.6) is 0 Å². The van der Waals surface area contributed by atoms with Gasteiger partial charge in [0, 0.05) is 19.3 Å². The van der Waals surface area contributed by atoms with Crippen molar-refractivity contribution in [1.82, 2.24) is 0 Å². The van der Waals surface area contributed by atoms with Crippen molar-refractivity contribution < 1.29 is 28.6 Å². The lowest BCUT2D eigenvalue weighted by molar-refractivity contribution is -0.167. The summed E-state index contributed by atoms with van der Waals surface area (Å²) in [4.78, 5) is 38.3. The van der Waals surface area contributed by atoms with E-state index in [0.717, 1.165) is 96.3 Å². The lowest BCUT2D eigenvalue weighted by Crippen LogP contribution is -2.30. The maximum atomic E-state index is 12.9. The molecule has 0 fully saturated rings. The van der Waals surface area contributed by atoms with Crippen LogP contribution in [0, 0.1) is 0 Å². The minimum absolute atomic E-state index is 0.0903. The second kappa shape index (κ2) is 62.4. The molecular formula is C68H120O6. The molecular weight excluding hydrogens is 913 g/mol. The predicted octanol–water partition coefficient (Wildman–Crippen LogP) is 21.7. The van der Waals surface area contributed by atoms with Crippen LogP contribution in [0.1, 0.15) is 323 Å². The zero-order chi connectivity index (χ0) is 53.6. The maximum absolute atomic E-state index is 12.9. The van der Waals surface area contributed by atoms with Gasteiger partial charge in [-0.15, -0.1) is 0 Å². The lowest BCUT2D eigenvalue weighted by atomic mass is 10.0. The van der Waals surface area contributed by atoms with Gasteiger partial charge in [-0.2, -0.15) is 0 Å². The number of esters is 3.